The largest absolute Gasteiger partial charge is 0.450 e. The first kappa shape index (κ1) is 17.2. The molecule has 1 amide bonds. The van der Waals surface area contributed by atoms with Gasteiger partial charge in [0.2, 0.25) is 0 Å². The second-order valence-corrected chi connectivity index (χ2v) is 4.55. The van der Waals surface area contributed by atoms with Gasteiger partial charge in [0.05, 0.1) is 6.61 Å². The SMILES string of the molecule is CCCCN(CCCC)CCCNC(=O)OCC. The fourth-order valence-corrected chi connectivity index (χ4v) is 1.77. The maximum absolute atomic E-state index is 11.1. The van der Waals surface area contributed by atoms with E-state index in [1.165, 1.54) is 38.8 Å². The van der Waals surface area contributed by atoms with Gasteiger partial charge in [0.25, 0.3) is 0 Å². The van der Waals surface area contributed by atoms with Crippen LogP contribution >= 0.6 is 0 Å². The molecular weight excluding hydrogens is 228 g/mol. The van der Waals surface area contributed by atoms with Crippen LogP contribution in [0.5, 0.6) is 0 Å². The predicted octanol–water partition coefficient (Wildman–Crippen LogP) is 3.02. The van der Waals surface area contributed by atoms with E-state index in [9.17, 15) is 4.79 Å². The van der Waals surface area contributed by atoms with E-state index < -0.39 is 0 Å². The van der Waals surface area contributed by atoms with Crippen molar-refractivity contribution >= 4 is 6.09 Å². The van der Waals surface area contributed by atoms with Crippen molar-refractivity contribution in [1.82, 2.24) is 10.2 Å². The summed E-state index contributed by atoms with van der Waals surface area (Å²) < 4.78 is 4.82. The summed E-state index contributed by atoms with van der Waals surface area (Å²) in [7, 11) is 0. The minimum Gasteiger partial charge on any atom is -0.450 e. The number of alkyl carbamates (subject to hydrolysis) is 1. The topological polar surface area (TPSA) is 41.6 Å². The molecule has 0 aromatic rings. The number of carbonyl (C=O) groups excluding carboxylic acids is 1. The van der Waals surface area contributed by atoms with Gasteiger partial charge in [0, 0.05) is 6.54 Å². The van der Waals surface area contributed by atoms with E-state index >= 15 is 0 Å². The molecule has 0 aromatic heterocycles. The third-order valence-electron chi connectivity index (χ3n) is 2.85. The van der Waals surface area contributed by atoms with E-state index in [0.29, 0.717) is 13.2 Å². The Morgan fingerprint density at radius 1 is 1.00 bits per heavy atom. The highest BCUT2D eigenvalue weighted by molar-refractivity contribution is 5.66. The van der Waals surface area contributed by atoms with Crippen molar-refractivity contribution in [3.8, 4) is 0 Å². The van der Waals surface area contributed by atoms with E-state index in [-0.39, 0.29) is 6.09 Å². The number of ether oxygens (including phenoxy) is 1. The summed E-state index contributed by atoms with van der Waals surface area (Å²) in [6.45, 7) is 10.8. The number of hydrogen-bond acceptors (Lipinski definition) is 3. The van der Waals surface area contributed by atoms with Crippen LogP contribution in [-0.2, 0) is 4.74 Å². The zero-order chi connectivity index (χ0) is 13.6. The average molecular weight is 258 g/mol. The van der Waals surface area contributed by atoms with Crippen LogP contribution in [0, 0.1) is 0 Å². The monoisotopic (exact) mass is 258 g/mol. The Hall–Kier alpha value is -0.770. The quantitative estimate of drug-likeness (QED) is 0.579. The smallest absolute Gasteiger partial charge is 0.407 e. The zero-order valence-electron chi connectivity index (χ0n) is 12.3. The van der Waals surface area contributed by atoms with Crippen molar-refractivity contribution in [3.05, 3.63) is 0 Å². The number of unbranched alkanes of at least 4 members (excludes halogenated alkanes) is 2. The molecule has 18 heavy (non-hydrogen) atoms. The van der Waals surface area contributed by atoms with Crippen LogP contribution < -0.4 is 5.32 Å². The van der Waals surface area contributed by atoms with Crippen molar-refractivity contribution in [2.45, 2.75) is 52.9 Å². The number of nitrogens with one attached hydrogen (secondary N) is 1. The molecule has 0 saturated carbocycles. The first-order chi connectivity index (χ1) is 8.74. The summed E-state index contributed by atoms with van der Waals surface area (Å²) in [5.41, 5.74) is 0. The summed E-state index contributed by atoms with van der Waals surface area (Å²) in [4.78, 5) is 13.6. The highest BCUT2D eigenvalue weighted by Gasteiger charge is 2.04. The fraction of sp³-hybridized carbons (Fsp3) is 0.929. The van der Waals surface area contributed by atoms with Gasteiger partial charge < -0.3 is 15.0 Å². The van der Waals surface area contributed by atoms with E-state index in [4.69, 9.17) is 4.74 Å². The third-order valence-corrected chi connectivity index (χ3v) is 2.85. The van der Waals surface area contributed by atoms with E-state index in [2.05, 4.69) is 24.1 Å². The molecule has 0 rings (SSSR count). The van der Waals surface area contributed by atoms with Gasteiger partial charge in [-0.3, -0.25) is 0 Å². The lowest BCUT2D eigenvalue weighted by molar-refractivity contribution is 0.151. The van der Waals surface area contributed by atoms with E-state index in [1.54, 1.807) is 0 Å². The second kappa shape index (κ2) is 12.7. The summed E-state index contributed by atoms with van der Waals surface area (Å²) in [5, 5.41) is 2.76. The fourth-order valence-electron chi connectivity index (χ4n) is 1.77. The van der Waals surface area contributed by atoms with Crippen LogP contribution in [-0.4, -0.2) is 43.8 Å². The minimum atomic E-state index is -0.300. The molecule has 4 nitrogen and oxygen atoms in total. The Bertz CT molecular complexity index is 190. The zero-order valence-corrected chi connectivity index (χ0v) is 12.3. The van der Waals surface area contributed by atoms with Crippen LogP contribution in [0.2, 0.25) is 0 Å². The van der Waals surface area contributed by atoms with E-state index in [1.807, 2.05) is 6.92 Å². The molecule has 0 bridgehead atoms. The molecule has 0 aliphatic rings. The summed E-state index contributed by atoms with van der Waals surface area (Å²) in [5.74, 6) is 0. The van der Waals surface area contributed by atoms with Crippen LogP contribution in [0.25, 0.3) is 0 Å². The van der Waals surface area contributed by atoms with Gasteiger partial charge >= 0.3 is 6.09 Å². The normalized spacial score (nSPS) is 10.7. The third kappa shape index (κ3) is 10.4. The van der Waals surface area contributed by atoms with Crippen LogP contribution in [0.1, 0.15) is 52.9 Å². The molecule has 0 aliphatic heterocycles. The second-order valence-electron chi connectivity index (χ2n) is 4.55. The molecular formula is C14H30N2O2. The average Bonchev–Trinajstić information content (AvgIpc) is 2.37. The molecule has 0 fully saturated rings. The maximum atomic E-state index is 11.1. The molecule has 4 heteroatoms. The Labute approximate surface area is 112 Å². The van der Waals surface area contributed by atoms with Gasteiger partial charge in [-0.25, -0.2) is 4.79 Å². The summed E-state index contributed by atoms with van der Waals surface area (Å²) >= 11 is 0. The molecule has 0 unspecified atom stereocenters. The van der Waals surface area contributed by atoms with Gasteiger partial charge in [-0.05, 0) is 45.8 Å². The van der Waals surface area contributed by atoms with Crippen molar-refractivity contribution < 1.29 is 9.53 Å². The molecule has 0 aliphatic carbocycles. The molecule has 0 spiro atoms. The predicted molar refractivity (Wildman–Crippen MR) is 75.9 cm³/mol. The molecule has 0 aromatic carbocycles. The lowest BCUT2D eigenvalue weighted by atomic mass is 10.2. The first-order valence-corrected chi connectivity index (χ1v) is 7.37. The molecule has 1 N–H and O–H groups in total. The molecule has 108 valence electrons. The Kier molecular flexibility index (Phi) is 12.1. The maximum Gasteiger partial charge on any atom is 0.407 e. The first-order valence-electron chi connectivity index (χ1n) is 7.37. The highest BCUT2D eigenvalue weighted by atomic mass is 16.5. The summed E-state index contributed by atoms with van der Waals surface area (Å²) in [6.07, 6.45) is 5.69. The summed E-state index contributed by atoms with van der Waals surface area (Å²) in [6, 6.07) is 0. The lowest BCUT2D eigenvalue weighted by Crippen LogP contribution is -2.31. The molecule has 0 radical (unpaired) electrons. The van der Waals surface area contributed by atoms with Crippen molar-refractivity contribution in [2.75, 3.05) is 32.8 Å². The van der Waals surface area contributed by atoms with Crippen LogP contribution in [0.3, 0.4) is 0 Å². The highest BCUT2D eigenvalue weighted by Crippen LogP contribution is 2.00. The van der Waals surface area contributed by atoms with Crippen LogP contribution in [0.15, 0.2) is 0 Å². The Morgan fingerprint density at radius 3 is 2.06 bits per heavy atom. The molecule has 0 saturated heterocycles. The number of amides is 1. The molecule has 0 atom stereocenters. The number of rotatable bonds is 11. The Balaban J connectivity index is 3.63. The molecule has 0 heterocycles. The minimum absolute atomic E-state index is 0.300. The van der Waals surface area contributed by atoms with Crippen LogP contribution in [0.4, 0.5) is 4.79 Å². The number of hydrogen-bond donors (Lipinski definition) is 1. The lowest BCUT2D eigenvalue weighted by Gasteiger charge is -2.21. The number of nitrogens with zero attached hydrogens (tertiary/aromatic N) is 1. The van der Waals surface area contributed by atoms with Crippen molar-refractivity contribution in [1.29, 1.82) is 0 Å². The van der Waals surface area contributed by atoms with Gasteiger partial charge in [-0.15, -0.1) is 0 Å². The van der Waals surface area contributed by atoms with Crippen molar-refractivity contribution in [3.63, 3.8) is 0 Å². The number of carbonyl (C=O) groups is 1. The standard InChI is InChI=1S/C14H30N2O2/c1-4-7-11-16(12-8-5-2)13-9-10-15-14(17)18-6-3/h4-13H2,1-3H3,(H,15,17). The van der Waals surface area contributed by atoms with Gasteiger partial charge in [0.15, 0.2) is 0 Å². The van der Waals surface area contributed by atoms with E-state index in [0.717, 1.165) is 13.0 Å². The van der Waals surface area contributed by atoms with Gasteiger partial charge in [0.1, 0.15) is 0 Å². The van der Waals surface area contributed by atoms with Gasteiger partial charge in [-0.1, -0.05) is 26.7 Å². The Morgan fingerprint density at radius 2 is 1.56 bits per heavy atom. The van der Waals surface area contributed by atoms with Gasteiger partial charge in [-0.2, -0.15) is 0 Å². The van der Waals surface area contributed by atoms with Crippen molar-refractivity contribution in [2.24, 2.45) is 0 Å².